The van der Waals surface area contributed by atoms with E-state index in [1.165, 1.54) is 11.5 Å². The molecule has 2 heterocycles. The lowest BCUT2D eigenvalue weighted by Gasteiger charge is -2.32. The molecule has 21 heavy (non-hydrogen) atoms. The van der Waals surface area contributed by atoms with Gasteiger partial charge in [0.2, 0.25) is 5.91 Å². The van der Waals surface area contributed by atoms with Crippen molar-refractivity contribution in [3.05, 3.63) is 5.56 Å². The van der Waals surface area contributed by atoms with Gasteiger partial charge in [-0.3, -0.25) is 4.79 Å². The summed E-state index contributed by atoms with van der Waals surface area (Å²) in [6.45, 7) is 3.56. The average Bonchev–Trinajstić information content (AvgIpc) is 2.81. The van der Waals surface area contributed by atoms with E-state index in [1.54, 1.807) is 6.92 Å². The number of nitrogens with two attached hydrogens (primary N) is 2. The molecule has 7 nitrogen and oxygen atoms in total. The Kier molecular flexibility index (Phi) is 5.00. The zero-order valence-electron chi connectivity index (χ0n) is 12.0. The fraction of sp³-hybridized carbons (Fsp3) is 0.615. The van der Waals surface area contributed by atoms with E-state index in [4.69, 9.17) is 16.2 Å². The first-order valence-corrected chi connectivity index (χ1v) is 7.75. The first-order chi connectivity index (χ1) is 10.0. The van der Waals surface area contributed by atoms with Crippen molar-refractivity contribution >= 4 is 34.2 Å². The van der Waals surface area contributed by atoms with Crippen LogP contribution in [0.2, 0.25) is 0 Å². The molecule has 1 saturated heterocycles. The van der Waals surface area contributed by atoms with Crippen molar-refractivity contribution in [2.45, 2.75) is 26.2 Å². The molecule has 0 aromatic carbocycles. The molecule has 0 saturated carbocycles. The number of esters is 1. The van der Waals surface area contributed by atoms with Crippen LogP contribution in [0.3, 0.4) is 0 Å². The highest BCUT2D eigenvalue weighted by Gasteiger charge is 2.28. The minimum Gasteiger partial charge on any atom is -0.462 e. The minimum absolute atomic E-state index is 0.215. The van der Waals surface area contributed by atoms with Crippen LogP contribution in [0.1, 0.15) is 36.5 Å². The molecule has 1 aliphatic rings. The molecule has 0 radical (unpaired) electrons. The second-order valence-electron chi connectivity index (χ2n) is 5.07. The van der Waals surface area contributed by atoms with Crippen molar-refractivity contribution in [3.8, 4) is 0 Å². The maximum absolute atomic E-state index is 12.0. The monoisotopic (exact) mass is 312 g/mol. The van der Waals surface area contributed by atoms with Crippen LogP contribution in [0.15, 0.2) is 0 Å². The Morgan fingerprint density at radius 1 is 1.43 bits per heavy atom. The van der Waals surface area contributed by atoms with Gasteiger partial charge in [0.1, 0.15) is 10.6 Å². The number of carbonyl (C=O) groups excluding carboxylic acids is 2. The molecule has 1 amide bonds. The van der Waals surface area contributed by atoms with E-state index in [-0.39, 0.29) is 11.7 Å². The molecule has 8 heteroatoms. The molecule has 2 rings (SSSR count). The van der Waals surface area contributed by atoms with E-state index in [0.29, 0.717) is 24.5 Å². The van der Waals surface area contributed by atoms with Gasteiger partial charge in [0, 0.05) is 19.5 Å². The molecular formula is C13H20N4O3S. The summed E-state index contributed by atoms with van der Waals surface area (Å²) in [5.41, 5.74) is 11.4. The van der Waals surface area contributed by atoms with Crippen molar-refractivity contribution < 1.29 is 14.3 Å². The number of piperidine rings is 1. The molecule has 4 N–H and O–H groups in total. The van der Waals surface area contributed by atoms with Gasteiger partial charge in [-0.05, 0) is 37.2 Å². The van der Waals surface area contributed by atoms with Crippen LogP contribution < -0.4 is 16.4 Å². The summed E-state index contributed by atoms with van der Waals surface area (Å²) in [6, 6.07) is 0. The largest absolute Gasteiger partial charge is 0.462 e. The normalized spacial score (nSPS) is 16.0. The quantitative estimate of drug-likeness (QED) is 0.784. The third-order valence-corrected chi connectivity index (χ3v) is 4.49. The summed E-state index contributed by atoms with van der Waals surface area (Å²) >= 11 is 1.21. The van der Waals surface area contributed by atoms with E-state index >= 15 is 0 Å². The van der Waals surface area contributed by atoms with Crippen LogP contribution in [0.4, 0.5) is 10.8 Å². The maximum Gasteiger partial charge on any atom is 0.345 e. The molecule has 0 aliphatic carbocycles. The van der Waals surface area contributed by atoms with E-state index < -0.39 is 5.97 Å². The molecule has 0 unspecified atom stereocenters. The zero-order chi connectivity index (χ0) is 15.4. The molecule has 0 bridgehead atoms. The van der Waals surface area contributed by atoms with Gasteiger partial charge in [0.05, 0.1) is 6.61 Å². The van der Waals surface area contributed by atoms with Crippen molar-refractivity contribution in [3.63, 3.8) is 0 Å². The van der Waals surface area contributed by atoms with Gasteiger partial charge < -0.3 is 21.1 Å². The second-order valence-corrected chi connectivity index (χ2v) is 5.82. The van der Waals surface area contributed by atoms with E-state index in [0.717, 1.165) is 30.9 Å². The number of anilines is 2. The predicted octanol–water partition coefficient (Wildman–Crippen LogP) is 0.994. The second kappa shape index (κ2) is 6.75. The number of hydrogen-bond acceptors (Lipinski definition) is 7. The first kappa shape index (κ1) is 15.6. The van der Waals surface area contributed by atoms with Gasteiger partial charge in [0.15, 0.2) is 5.82 Å². The molecule has 1 fully saturated rings. The third-order valence-electron chi connectivity index (χ3n) is 3.57. The van der Waals surface area contributed by atoms with Crippen LogP contribution in [0, 0.1) is 5.92 Å². The highest BCUT2D eigenvalue weighted by Crippen LogP contribution is 2.34. The SMILES string of the molecule is CCOC(=O)c1c(N)nsc1N1CCC(CC(N)=O)CC1. The van der Waals surface area contributed by atoms with Crippen molar-refractivity contribution in [1.29, 1.82) is 0 Å². The van der Waals surface area contributed by atoms with Crippen molar-refractivity contribution in [2.24, 2.45) is 11.7 Å². The Morgan fingerprint density at radius 2 is 2.10 bits per heavy atom. The number of nitrogens with zero attached hydrogens (tertiary/aromatic N) is 2. The van der Waals surface area contributed by atoms with Crippen LogP contribution >= 0.6 is 11.5 Å². The van der Waals surface area contributed by atoms with Gasteiger partial charge in [-0.25, -0.2) is 4.79 Å². The molecule has 1 aromatic heterocycles. The van der Waals surface area contributed by atoms with Crippen molar-refractivity contribution in [1.82, 2.24) is 4.37 Å². The summed E-state index contributed by atoms with van der Waals surface area (Å²) in [4.78, 5) is 25.0. The smallest absolute Gasteiger partial charge is 0.345 e. The summed E-state index contributed by atoms with van der Waals surface area (Å²) in [7, 11) is 0. The fourth-order valence-corrected chi connectivity index (χ4v) is 3.38. The minimum atomic E-state index is -0.432. The number of amides is 1. The molecule has 0 atom stereocenters. The predicted molar refractivity (Wildman–Crippen MR) is 81.2 cm³/mol. The summed E-state index contributed by atoms with van der Waals surface area (Å²) < 4.78 is 9.10. The highest BCUT2D eigenvalue weighted by molar-refractivity contribution is 7.11. The fourth-order valence-electron chi connectivity index (χ4n) is 2.53. The molecule has 1 aliphatic heterocycles. The average molecular weight is 312 g/mol. The molecule has 1 aromatic rings. The number of hydrogen-bond donors (Lipinski definition) is 2. The maximum atomic E-state index is 12.0. The number of rotatable bonds is 5. The van der Waals surface area contributed by atoms with Gasteiger partial charge in [-0.1, -0.05) is 0 Å². The van der Waals surface area contributed by atoms with E-state index in [9.17, 15) is 9.59 Å². The Bertz CT molecular complexity index is 523. The zero-order valence-corrected chi connectivity index (χ0v) is 12.8. The number of aromatic nitrogens is 1. The number of primary amides is 1. The Hall–Kier alpha value is -1.83. The van der Waals surface area contributed by atoms with Gasteiger partial charge >= 0.3 is 5.97 Å². The standard InChI is InChI=1S/C13H20N4O3S/c1-2-20-13(19)10-11(15)16-21-12(10)17-5-3-8(4-6-17)7-9(14)18/h8H,2-7H2,1H3,(H2,14,18)(H2,15,16). The number of nitrogen functional groups attached to an aromatic ring is 1. The Balaban J connectivity index is 2.07. The molecule has 0 spiro atoms. The Labute approximate surface area is 127 Å². The highest BCUT2D eigenvalue weighted by atomic mass is 32.1. The topological polar surface area (TPSA) is 112 Å². The van der Waals surface area contributed by atoms with Crippen LogP contribution in [-0.4, -0.2) is 35.9 Å². The van der Waals surface area contributed by atoms with E-state index in [1.807, 2.05) is 0 Å². The lowest BCUT2D eigenvalue weighted by Crippen LogP contribution is -2.35. The van der Waals surface area contributed by atoms with E-state index in [2.05, 4.69) is 9.27 Å². The molecular weight excluding hydrogens is 292 g/mol. The third kappa shape index (κ3) is 3.63. The van der Waals surface area contributed by atoms with Crippen molar-refractivity contribution in [2.75, 3.05) is 30.3 Å². The Morgan fingerprint density at radius 3 is 2.67 bits per heavy atom. The molecule has 116 valence electrons. The van der Waals surface area contributed by atoms with Gasteiger partial charge in [0.25, 0.3) is 0 Å². The van der Waals surface area contributed by atoms with Gasteiger partial charge in [-0.2, -0.15) is 4.37 Å². The lowest BCUT2D eigenvalue weighted by molar-refractivity contribution is -0.119. The van der Waals surface area contributed by atoms with Crippen LogP contribution in [0.25, 0.3) is 0 Å². The van der Waals surface area contributed by atoms with Crippen LogP contribution in [0.5, 0.6) is 0 Å². The number of carbonyl (C=O) groups is 2. The lowest BCUT2D eigenvalue weighted by atomic mass is 9.93. The number of ether oxygens (including phenoxy) is 1. The van der Waals surface area contributed by atoms with Gasteiger partial charge in [-0.15, -0.1) is 0 Å². The summed E-state index contributed by atoms with van der Waals surface area (Å²) in [5, 5.41) is 0.753. The summed E-state index contributed by atoms with van der Waals surface area (Å²) in [6.07, 6.45) is 2.15. The summed E-state index contributed by atoms with van der Waals surface area (Å²) in [5.74, 6) is -0.163. The van der Waals surface area contributed by atoms with Crippen LogP contribution in [-0.2, 0) is 9.53 Å². The first-order valence-electron chi connectivity index (χ1n) is 6.98.